The zero-order valence-corrected chi connectivity index (χ0v) is 6.82. The highest BCUT2D eigenvalue weighted by Crippen LogP contribution is 2.23. The van der Waals surface area contributed by atoms with Crippen LogP contribution in [0.25, 0.3) is 0 Å². The summed E-state index contributed by atoms with van der Waals surface area (Å²) in [6, 6.07) is 0. The summed E-state index contributed by atoms with van der Waals surface area (Å²) in [5.41, 5.74) is 1.56. The second-order valence-corrected chi connectivity index (χ2v) is 3.25. The van der Waals surface area contributed by atoms with Gasteiger partial charge in [-0.25, -0.2) is 0 Å². The van der Waals surface area contributed by atoms with Crippen LogP contribution < -0.4 is 0 Å². The maximum absolute atomic E-state index is 4.28. The number of hydrogen-bond donors (Lipinski definition) is 1. The summed E-state index contributed by atoms with van der Waals surface area (Å²) in [5.74, 6) is 1.92. The van der Waals surface area contributed by atoms with Crippen molar-refractivity contribution >= 4 is 12.6 Å². The Kier molecular flexibility index (Phi) is 2.65. The molecule has 52 valence electrons. The van der Waals surface area contributed by atoms with Gasteiger partial charge in [-0.1, -0.05) is 11.6 Å². The van der Waals surface area contributed by atoms with E-state index < -0.39 is 0 Å². The van der Waals surface area contributed by atoms with Crippen LogP contribution in [0, 0.1) is 5.92 Å². The molecule has 0 amide bonds. The van der Waals surface area contributed by atoms with Gasteiger partial charge in [-0.15, -0.1) is 0 Å². The molecule has 0 saturated carbocycles. The van der Waals surface area contributed by atoms with Gasteiger partial charge in [-0.05, 0) is 37.9 Å². The predicted octanol–water partition coefficient (Wildman–Crippen LogP) is 2.66. The van der Waals surface area contributed by atoms with Crippen LogP contribution in [0.15, 0.2) is 11.6 Å². The van der Waals surface area contributed by atoms with Crippen molar-refractivity contribution in [2.24, 2.45) is 5.92 Å². The average molecular weight is 142 g/mol. The highest BCUT2D eigenvalue weighted by atomic mass is 32.1. The van der Waals surface area contributed by atoms with E-state index in [4.69, 9.17) is 0 Å². The maximum atomic E-state index is 4.28. The summed E-state index contributed by atoms with van der Waals surface area (Å²) in [6.07, 6.45) is 6.25. The minimum atomic E-state index is 0.860. The van der Waals surface area contributed by atoms with Gasteiger partial charge in [-0.3, -0.25) is 0 Å². The lowest BCUT2D eigenvalue weighted by molar-refractivity contribution is 0.519. The Morgan fingerprint density at radius 1 is 1.78 bits per heavy atom. The largest absolute Gasteiger partial charge is 0.179 e. The molecule has 0 N–H and O–H groups in total. The predicted molar refractivity (Wildman–Crippen MR) is 45.0 cm³/mol. The topological polar surface area (TPSA) is 0 Å². The van der Waals surface area contributed by atoms with E-state index in [0.29, 0.717) is 0 Å². The van der Waals surface area contributed by atoms with Gasteiger partial charge in [0, 0.05) is 0 Å². The maximum Gasteiger partial charge on any atom is -0.00663 e. The van der Waals surface area contributed by atoms with E-state index in [2.05, 4.69) is 25.6 Å². The van der Waals surface area contributed by atoms with E-state index in [9.17, 15) is 0 Å². The van der Waals surface area contributed by atoms with Crippen molar-refractivity contribution in [3.05, 3.63) is 11.6 Å². The lowest BCUT2D eigenvalue weighted by Crippen LogP contribution is -2.06. The van der Waals surface area contributed by atoms with Crippen molar-refractivity contribution in [3.63, 3.8) is 0 Å². The highest BCUT2D eigenvalue weighted by molar-refractivity contribution is 7.80. The van der Waals surface area contributed by atoms with E-state index in [1.165, 1.54) is 19.3 Å². The normalized spacial score (nSPS) is 27.8. The van der Waals surface area contributed by atoms with Crippen LogP contribution in [0.5, 0.6) is 0 Å². The molecule has 0 aromatic heterocycles. The van der Waals surface area contributed by atoms with Crippen molar-refractivity contribution in [1.29, 1.82) is 0 Å². The third-order valence-corrected chi connectivity index (χ3v) is 2.45. The first-order valence-corrected chi connectivity index (χ1v) is 4.22. The molecule has 0 radical (unpaired) electrons. The van der Waals surface area contributed by atoms with Crippen molar-refractivity contribution < 1.29 is 0 Å². The lowest BCUT2D eigenvalue weighted by atomic mass is 9.91. The quantitative estimate of drug-likeness (QED) is 0.422. The van der Waals surface area contributed by atoms with Gasteiger partial charge < -0.3 is 0 Å². The third kappa shape index (κ3) is 2.05. The first kappa shape index (κ1) is 7.20. The van der Waals surface area contributed by atoms with Gasteiger partial charge in [0.1, 0.15) is 0 Å². The van der Waals surface area contributed by atoms with Crippen LogP contribution in [-0.2, 0) is 0 Å². The van der Waals surface area contributed by atoms with E-state index in [1.54, 1.807) is 5.57 Å². The summed E-state index contributed by atoms with van der Waals surface area (Å²) in [6.45, 7) is 2.22. The molecule has 0 bridgehead atoms. The van der Waals surface area contributed by atoms with Gasteiger partial charge >= 0.3 is 0 Å². The van der Waals surface area contributed by atoms with Gasteiger partial charge in [0.05, 0.1) is 0 Å². The summed E-state index contributed by atoms with van der Waals surface area (Å²) in [4.78, 5) is 0. The lowest BCUT2D eigenvalue weighted by Gasteiger charge is -2.18. The molecule has 0 fully saturated rings. The smallest absolute Gasteiger partial charge is 0.00663 e. The zero-order valence-electron chi connectivity index (χ0n) is 5.93. The molecular formula is C8H14S. The molecule has 1 aliphatic rings. The molecule has 0 aromatic carbocycles. The fourth-order valence-corrected chi connectivity index (χ4v) is 1.67. The number of thiol groups is 1. The first-order chi connectivity index (χ1) is 4.33. The molecule has 9 heavy (non-hydrogen) atoms. The van der Waals surface area contributed by atoms with Crippen molar-refractivity contribution in [2.75, 3.05) is 5.75 Å². The fourth-order valence-electron chi connectivity index (χ4n) is 1.36. The van der Waals surface area contributed by atoms with Crippen LogP contribution in [0.4, 0.5) is 0 Å². The molecule has 1 unspecified atom stereocenters. The van der Waals surface area contributed by atoms with Crippen molar-refractivity contribution in [1.82, 2.24) is 0 Å². The molecule has 1 rings (SSSR count). The second kappa shape index (κ2) is 3.31. The van der Waals surface area contributed by atoms with Gasteiger partial charge in [0.15, 0.2) is 0 Å². The molecule has 0 aromatic rings. The Hall–Kier alpha value is 0.0900. The fraction of sp³-hybridized carbons (Fsp3) is 0.750. The molecule has 0 spiro atoms. The molecule has 1 atom stereocenters. The monoisotopic (exact) mass is 142 g/mol. The zero-order chi connectivity index (χ0) is 6.69. The SMILES string of the molecule is CC1=CCCC(CS)C1. The summed E-state index contributed by atoms with van der Waals surface area (Å²) >= 11 is 4.28. The molecule has 0 heterocycles. The highest BCUT2D eigenvalue weighted by Gasteiger charge is 2.10. The average Bonchev–Trinajstić information content (AvgIpc) is 1.88. The van der Waals surface area contributed by atoms with E-state index >= 15 is 0 Å². The Balaban J connectivity index is 2.39. The number of hydrogen-bond acceptors (Lipinski definition) is 1. The molecule has 0 nitrogen and oxygen atoms in total. The number of allylic oxidation sites excluding steroid dienone is 2. The van der Waals surface area contributed by atoms with Crippen LogP contribution >= 0.6 is 12.6 Å². The van der Waals surface area contributed by atoms with Gasteiger partial charge in [-0.2, -0.15) is 12.6 Å². The van der Waals surface area contributed by atoms with Crippen LogP contribution in [0.3, 0.4) is 0 Å². The second-order valence-electron chi connectivity index (χ2n) is 2.88. The van der Waals surface area contributed by atoms with E-state index in [-0.39, 0.29) is 0 Å². The van der Waals surface area contributed by atoms with Crippen LogP contribution in [0.2, 0.25) is 0 Å². The molecule has 1 heteroatoms. The molecule has 1 aliphatic carbocycles. The summed E-state index contributed by atoms with van der Waals surface area (Å²) in [7, 11) is 0. The first-order valence-electron chi connectivity index (χ1n) is 3.59. The third-order valence-electron chi connectivity index (χ3n) is 1.94. The van der Waals surface area contributed by atoms with Crippen LogP contribution in [-0.4, -0.2) is 5.75 Å². The number of rotatable bonds is 1. The van der Waals surface area contributed by atoms with Crippen molar-refractivity contribution in [3.8, 4) is 0 Å². The Morgan fingerprint density at radius 3 is 3.00 bits per heavy atom. The van der Waals surface area contributed by atoms with Gasteiger partial charge in [0.2, 0.25) is 0 Å². The van der Waals surface area contributed by atoms with E-state index in [1.807, 2.05) is 0 Å². The minimum absolute atomic E-state index is 0.860. The Morgan fingerprint density at radius 2 is 2.56 bits per heavy atom. The standard InChI is InChI=1S/C8H14S/c1-7-3-2-4-8(5-7)6-9/h3,8-9H,2,4-6H2,1H3. The molecular weight excluding hydrogens is 128 g/mol. The molecule has 0 saturated heterocycles. The van der Waals surface area contributed by atoms with Crippen LogP contribution in [0.1, 0.15) is 26.2 Å². The molecule has 0 aliphatic heterocycles. The van der Waals surface area contributed by atoms with E-state index in [0.717, 1.165) is 11.7 Å². The Labute approximate surface area is 62.8 Å². The summed E-state index contributed by atoms with van der Waals surface area (Å²) < 4.78 is 0. The van der Waals surface area contributed by atoms with Crippen molar-refractivity contribution in [2.45, 2.75) is 26.2 Å². The van der Waals surface area contributed by atoms with Gasteiger partial charge in [0.25, 0.3) is 0 Å². The Bertz CT molecular complexity index is 116. The summed E-state index contributed by atoms with van der Waals surface area (Å²) in [5, 5.41) is 0. The minimum Gasteiger partial charge on any atom is -0.179 e.